The fourth-order valence-electron chi connectivity index (χ4n) is 5.35. The molecule has 2 amide bonds. The smallest absolute Gasteiger partial charge is 0.252 e. The third-order valence-electron chi connectivity index (χ3n) is 7.04. The van der Waals surface area contributed by atoms with Gasteiger partial charge in [-0.3, -0.25) is 14.9 Å². The van der Waals surface area contributed by atoms with E-state index in [1.165, 1.54) is 10.8 Å². The van der Waals surface area contributed by atoms with Crippen molar-refractivity contribution in [2.75, 3.05) is 12.3 Å². The Morgan fingerprint density at radius 3 is 2.44 bits per heavy atom. The van der Waals surface area contributed by atoms with Crippen LogP contribution in [0.2, 0.25) is 0 Å². The van der Waals surface area contributed by atoms with Crippen LogP contribution in [-0.2, 0) is 21.5 Å². The first-order valence-electron chi connectivity index (χ1n) is 11.2. The standard InChI is InChI=1S/C25H30N6O3/c1-23(2,14-32)31-22(28)17(10-26)21(30-31)16-6-4-15(5-7-16)8-19(33)29-20(34)9-18(27)25-11-24(3,12-25)13-25/h4-7,9,32H,8,11-14,27-28H2,1-3H3,(H,29,33,34). The van der Waals surface area contributed by atoms with Gasteiger partial charge in [-0.2, -0.15) is 10.4 Å². The first kappa shape index (κ1) is 23.5. The van der Waals surface area contributed by atoms with Crippen molar-refractivity contribution in [2.45, 2.75) is 52.0 Å². The number of hydrogen-bond donors (Lipinski definition) is 4. The molecule has 5 rings (SSSR count). The number of nitrogens with one attached hydrogen (secondary N) is 1. The highest BCUT2D eigenvalue weighted by molar-refractivity contribution is 6.01. The monoisotopic (exact) mass is 462 g/mol. The summed E-state index contributed by atoms with van der Waals surface area (Å²) in [6.45, 7) is 5.55. The van der Waals surface area contributed by atoms with Gasteiger partial charge in [-0.05, 0) is 44.1 Å². The molecule has 3 fully saturated rings. The number of aromatic nitrogens is 2. The Kier molecular flexibility index (Phi) is 5.53. The van der Waals surface area contributed by atoms with Gasteiger partial charge in [-0.25, -0.2) is 4.68 Å². The largest absolute Gasteiger partial charge is 0.401 e. The number of amides is 2. The second-order valence-corrected chi connectivity index (χ2v) is 10.6. The number of hydrogen-bond acceptors (Lipinski definition) is 7. The Hall–Kier alpha value is -3.64. The third kappa shape index (κ3) is 3.94. The number of rotatable bonds is 7. The molecule has 1 aromatic carbocycles. The van der Waals surface area contributed by atoms with E-state index in [4.69, 9.17) is 11.5 Å². The van der Waals surface area contributed by atoms with Crippen molar-refractivity contribution >= 4 is 17.6 Å². The minimum atomic E-state index is -0.771. The van der Waals surface area contributed by atoms with Crippen LogP contribution in [0.3, 0.4) is 0 Å². The van der Waals surface area contributed by atoms with Crippen molar-refractivity contribution < 1.29 is 14.7 Å². The van der Waals surface area contributed by atoms with Gasteiger partial charge in [-0.1, -0.05) is 31.2 Å². The maximum Gasteiger partial charge on any atom is 0.252 e. The Morgan fingerprint density at radius 2 is 1.91 bits per heavy atom. The average Bonchev–Trinajstić information content (AvgIpc) is 3.08. The minimum Gasteiger partial charge on any atom is -0.401 e. The third-order valence-corrected chi connectivity index (χ3v) is 7.04. The number of aliphatic hydroxyl groups excluding tert-OH is 1. The molecule has 6 N–H and O–H groups in total. The number of carbonyl (C=O) groups is 2. The van der Waals surface area contributed by atoms with Gasteiger partial charge >= 0.3 is 0 Å². The minimum absolute atomic E-state index is 0.0161. The normalized spacial score (nSPS) is 23.4. The van der Waals surface area contributed by atoms with Crippen LogP contribution in [0, 0.1) is 22.2 Å². The predicted molar refractivity (Wildman–Crippen MR) is 127 cm³/mol. The van der Waals surface area contributed by atoms with Crippen LogP contribution >= 0.6 is 0 Å². The number of carbonyl (C=O) groups excluding carboxylic acids is 2. The first-order valence-corrected chi connectivity index (χ1v) is 11.2. The zero-order valence-electron chi connectivity index (χ0n) is 19.7. The molecule has 0 unspecified atom stereocenters. The van der Waals surface area contributed by atoms with Crippen molar-refractivity contribution in [3.63, 3.8) is 0 Å². The predicted octanol–water partition coefficient (Wildman–Crippen LogP) is 1.95. The lowest BCUT2D eigenvalue weighted by Gasteiger charge is -2.70. The molecule has 2 bridgehead atoms. The van der Waals surface area contributed by atoms with Gasteiger partial charge in [-0.15, -0.1) is 0 Å². The van der Waals surface area contributed by atoms with Gasteiger partial charge in [0.1, 0.15) is 23.1 Å². The number of nitriles is 1. The summed E-state index contributed by atoms with van der Waals surface area (Å²) in [5.74, 6) is -0.749. The van der Waals surface area contributed by atoms with Crippen LogP contribution in [-0.4, -0.2) is 33.3 Å². The summed E-state index contributed by atoms with van der Waals surface area (Å²) in [6, 6.07) is 9.03. The topological polar surface area (TPSA) is 160 Å². The molecule has 3 aliphatic carbocycles. The number of nitrogens with zero attached hydrogens (tertiary/aromatic N) is 3. The van der Waals surface area contributed by atoms with Crippen molar-refractivity contribution in [1.29, 1.82) is 5.26 Å². The van der Waals surface area contributed by atoms with Crippen LogP contribution in [0.15, 0.2) is 36.0 Å². The van der Waals surface area contributed by atoms with Gasteiger partial charge < -0.3 is 16.6 Å². The molecular formula is C25H30N6O3. The fourth-order valence-corrected chi connectivity index (χ4v) is 5.35. The Morgan fingerprint density at radius 1 is 1.29 bits per heavy atom. The molecule has 9 nitrogen and oxygen atoms in total. The highest BCUT2D eigenvalue weighted by atomic mass is 16.3. The molecule has 178 valence electrons. The second kappa shape index (κ2) is 7.99. The van der Waals surface area contributed by atoms with Crippen LogP contribution < -0.4 is 16.8 Å². The summed E-state index contributed by atoms with van der Waals surface area (Å²) in [7, 11) is 0. The molecule has 1 aromatic heterocycles. The van der Waals surface area contributed by atoms with Crippen molar-refractivity contribution in [2.24, 2.45) is 16.6 Å². The van der Waals surface area contributed by atoms with Gasteiger partial charge in [0, 0.05) is 22.8 Å². The zero-order chi connectivity index (χ0) is 24.9. The zero-order valence-corrected chi connectivity index (χ0v) is 19.7. The van der Waals surface area contributed by atoms with Gasteiger partial charge in [0.15, 0.2) is 0 Å². The fraction of sp³-hybridized carbons (Fsp3) is 0.440. The van der Waals surface area contributed by atoms with Gasteiger partial charge in [0.05, 0.1) is 18.6 Å². The quantitative estimate of drug-likeness (QED) is 0.457. The maximum absolute atomic E-state index is 12.3. The molecule has 0 atom stereocenters. The number of nitrogen functional groups attached to an aromatic ring is 1. The Balaban J connectivity index is 1.41. The lowest BCUT2D eigenvalue weighted by Crippen LogP contribution is -2.62. The number of imide groups is 1. The number of allylic oxidation sites excluding steroid dienone is 1. The lowest BCUT2D eigenvalue weighted by molar-refractivity contribution is -0.163. The van der Waals surface area contributed by atoms with Gasteiger partial charge in [0.2, 0.25) is 5.91 Å². The van der Waals surface area contributed by atoms with Crippen molar-refractivity contribution in [3.8, 4) is 17.3 Å². The number of benzene rings is 1. The summed E-state index contributed by atoms with van der Waals surface area (Å²) in [5, 5.41) is 26.0. The molecule has 3 saturated carbocycles. The maximum atomic E-state index is 12.3. The molecule has 2 aromatic rings. The highest BCUT2D eigenvalue weighted by Crippen LogP contribution is 2.75. The molecule has 9 heteroatoms. The molecule has 34 heavy (non-hydrogen) atoms. The van der Waals surface area contributed by atoms with E-state index in [-0.39, 0.29) is 29.8 Å². The Labute approximate surface area is 198 Å². The molecular weight excluding hydrogens is 432 g/mol. The van der Waals surface area contributed by atoms with E-state index < -0.39 is 17.4 Å². The molecule has 3 aliphatic rings. The number of anilines is 1. The summed E-state index contributed by atoms with van der Waals surface area (Å²) >= 11 is 0. The van der Waals surface area contributed by atoms with Crippen LogP contribution in [0.5, 0.6) is 0 Å². The summed E-state index contributed by atoms with van der Waals surface area (Å²) in [4.78, 5) is 24.6. The summed E-state index contributed by atoms with van der Waals surface area (Å²) in [6.07, 6.45) is 4.38. The van der Waals surface area contributed by atoms with Crippen molar-refractivity contribution in [3.05, 3.63) is 47.2 Å². The second-order valence-electron chi connectivity index (χ2n) is 10.6. The van der Waals surface area contributed by atoms with E-state index in [2.05, 4.69) is 23.4 Å². The van der Waals surface area contributed by atoms with Crippen LogP contribution in [0.1, 0.15) is 51.2 Å². The first-order chi connectivity index (χ1) is 15.9. The average molecular weight is 463 g/mol. The van der Waals surface area contributed by atoms with E-state index in [0.717, 1.165) is 19.3 Å². The Bertz CT molecular complexity index is 1210. The SMILES string of the molecule is CC12CC(C(N)=CC(=O)NC(=O)Cc3ccc(-c4nn(C(C)(C)CO)c(N)c4C#N)cc3)(C1)C2. The van der Waals surface area contributed by atoms with Crippen LogP contribution in [0.25, 0.3) is 11.3 Å². The molecule has 0 radical (unpaired) electrons. The van der Waals surface area contributed by atoms with E-state index in [1.54, 1.807) is 38.1 Å². The summed E-state index contributed by atoms with van der Waals surface area (Å²) in [5.41, 5.74) is 14.3. The summed E-state index contributed by atoms with van der Waals surface area (Å²) < 4.78 is 1.44. The van der Waals surface area contributed by atoms with Crippen LogP contribution in [0.4, 0.5) is 5.82 Å². The van der Waals surface area contributed by atoms with E-state index in [1.807, 2.05) is 0 Å². The van der Waals surface area contributed by atoms with Gasteiger partial charge in [0.25, 0.3) is 5.91 Å². The van der Waals surface area contributed by atoms with E-state index in [0.29, 0.717) is 27.9 Å². The lowest BCUT2D eigenvalue weighted by atomic mass is 9.35. The van der Waals surface area contributed by atoms with E-state index in [9.17, 15) is 20.0 Å². The highest BCUT2D eigenvalue weighted by Gasteiger charge is 2.66. The molecule has 0 spiro atoms. The van der Waals surface area contributed by atoms with Crippen molar-refractivity contribution in [1.82, 2.24) is 15.1 Å². The molecule has 1 heterocycles. The van der Waals surface area contributed by atoms with E-state index >= 15 is 0 Å². The molecule has 0 saturated heterocycles. The number of aliphatic hydroxyl groups is 1. The molecule has 0 aliphatic heterocycles. The number of nitrogens with two attached hydrogens (primary N) is 2.